The molecule has 1 aliphatic carbocycles. The highest BCUT2D eigenvalue weighted by molar-refractivity contribution is 7.89. The third kappa shape index (κ3) is 4.10. The summed E-state index contributed by atoms with van der Waals surface area (Å²) in [6, 6.07) is 8.41. The van der Waals surface area contributed by atoms with E-state index in [4.69, 9.17) is 14.2 Å². The van der Waals surface area contributed by atoms with Gasteiger partial charge >= 0.3 is 0 Å². The molecule has 28 heavy (non-hydrogen) atoms. The van der Waals surface area contributed by atoms with Crippen molar-refractivity contribution in [3.8, 4) is 17.2 Å². The van der Waals surface area contributed by atoms with Crippen molar-refractivity contribution in [1.29, 1.82) is 0 Å². The normalized spacial score (nSPS) is 14.9. The summed E-state index contributed by atoms with van der Waals surface area (Å²) in [5.74, 6) is 1.60. The lowest BCUT2D eigenvalue weighted by Gasteiger charge is -2.22. The number of hydrogen-bond donors (Lipinski definition) is 1. The second-order valence-corrected chi connectivity index (χ2v) is 8.61. The predicted molar refractivity (Wildman–Crippen MR) is 108 cm³/mol. The number of nitrogens with one attached hydrogen (secondary N) is 1. The molecule has 2 aromatic rings. The lowest BCUT2D eigenvalue weighted by Crippen LogP contribution is -2.28. The number of aryl methyl sites for hydroxylation is 2. The number of methoxy groups -OCH3 is 3. The number of rotatable bonds is 7. The summed E-state index contributed by atoms with van der Waals surface area (Å²) in [6.07, 6.45) is 4.04. The molecule has 3 rings (SSSR count). The molecule has 2 aromatic carbocycles. The Morgan fingerprint density at radius 1 is 0.893 bits per heavy atom. The fourth-order valence-electron chi connectivity index (χ4n) is 3.65. The summed E-state index contributed by atoms with van der Waals surface area (Å²) in [4.78, 5) is 0.171. The van der Waals surface area contributed by atoms with Crippen LogP contribution in [0.25, 0.3) is 0 Å². The van der Waals surface area contributed by atoms with E-state index in [-0.39, 0.29) is 4.90 Å². The van der Waals surface area contributed by atoms with Crippen LogP contribution in [-0.2, 0) is 22.9 Å². The average molecular weight is 406 g/mol. The van der Waals surface area contributed by atoms with E-state index in [0.717, 1.165) is 31.2 Å². The van der Waals surface area contributed by atoms with Crippen molar-refractivity contribution in [2.75, 3.05) is 21.3 Å². The molecule has 0 saturated carbocycles. The maximum absolute atomic E-state index is 13.2. The molecule has 152 valence electrons. The minimum atomic E-state index is -3.80. The Balaban J connectivity index is 1.96. The Labute approximate surface area is 166 Å². The van der Waals surface area contributed by atoms with Crippen LogP contribution >= 0.6 is 0 Å². The molecule has 7 heteroatoms. The Morgan fingerprint density at radius 2 is 1.54 bits per heavy atom. The summed E-state index contributed by atoms with van der Waals surface area (Å²) in [7, 11) is 0.821. The standard InChI is InChI=1S/C21H27NO5S/c1-14(18-13-17(25-2)9-10-19(18)26-3)22-28(23,24)21-12-16-8-6-5-7-15(16)11-20(21)27-4/h9-14,22H,5-8H2,1-4H3/t14-/m0/s1. The average Bonchev–Trinajstić information content (AvgIpc) is 2.71. The molecule has 6 nitrogen and oxygen atoms in total. The van der Waals surface area contributed by atoms with Crippen LogP contribution < -0.4 is 18.9 Å². The molecule has 0 fully saturated rings. The van der Waals surface area contributed by atoms with E-state index in [1.807, 2.05) is 6.07 Å². The fraction of sp³-hybridized carbons (Fsp3) is 0.429. The topological polar surface area (TPSA) is 73.9 Å². The summed E-state index contributed by atoms with van der Waals surface area (Å²) in [5.41, 5.74) is 2.95. The van der Waals surface area contributed by atoms with Crippen LogP contribution in [0.4, 0.5) is 0 Å². The molecule has 0 aromatic heterocycles. The van der Waals surface area contributed by atoms with Crippen LogP contribution in [0.3, 0.4) is 0 Å². The molecule has 0 spiro atoms. The monoisotopic (exact) mass is 405 g/mol. The van der Waals surface area contributed by atoms with Gasteiger partial charge in [-0.05, 0) is 74.1 Å². The van der Waals surface area contributed by atoms with Gasteiger partial charge in [0.25, 0.3) is 0 Å². The van der Waals surface area contributed by atoms with Crippen LogP contribution in [0.1, 0.15) is 42.5 Å². The molecule has 0 aliphatic heterocycles. The quantitative estimate of drug-likeness (QED) is 0.761. The molecule has 0 saturated heterocycles. The first kappa shape index (κ1) is 20.5. The zero-order valence-electron chi connectivity index (χ0n) is 16.7. The Hall–Kier alpha value is -2.25. The van der Waals surface area contributed by atoms with Gasteiger partial charge in [0.1, 0.15) is 22.1 Å². The van der Waals surface area contributed by atoms with Gasteiger partial charge in [0.15, 0.2) is 0 Å². The highest BCUT2D eigenvalue weighted by atomic mass is 32.2. The van der Waals surface area contributed by atoms with Crippen molar-refractivity contribution in [3.63, 3.8) is 0 Å². The largest absolute Gasteiger partial charge is 0.497 e. The second kappa shape index (κ2) is 8.41. The van der Waals surface area contributed by atoms with Gasteiger partial charge in [-0.2, -0.15) is 0 Å². The number of hydrogen-bond acceptors (Lipinski definition) is 5. The van der Waals surface area contributed by atoms with Crippen molar-refractivity contribution >= 4 is 10.0 Å². The van der Waals surface area contributed by atoms with Crippen LogP contribution in [0, 0.1) is 0 Å². The molecule has 0 unspecified atom stereocenters. The van der Waals surface area contributed by atoms with Crippen molar-refractivity contribution < 1.29 is 22.6 Å². The summed E-state index contributed by atoms with van der Waals surface area (Å²) >= 11 is 0. The van der Waals surface area contributed by atoms with Crippen LogP contribution in [0.2, 0.25) is 0 Å². The smallest absolute Gasteiger partial charge is 0.244 e. The third-order valence-electron chi connectivity index (χ3n) is 5.15. The van der Waals surface area contributed by atoms with Crippen molar-refractivity contribution in [2.45, 2.75) is 43.5 Å². The highest BCUT2D eigenvalue weighted by Crippen LogP contribution is 2.34. The van der Waals surface area contributed by atoms with Crippen LogP contribution in [0.15, 0.2) is 35.2 Å². The molecule has 1 N–H and O–H groups in total. The second-order valence-electron chi connectivity index (χ2n) is 6.93. The summed E-state index contributed by atoms with van der Waals surface area (Å²) in [6.45, 7) is 1.78. The summed E-state index contributed by atoms with van der Waals surface area (Å²) < 4.78 is 45.2. The minimum Gasteiger partial charge on any atom is -0.497 e. The fourth-order valence-corrected chi connectivity index (χ4v) is 5.07. The van der Waals surface area contributed by atoms with Gasteiger partial charge in [-0.3, -0.25) is 0 Å². The lowest BCUT2D eigenvalue weighted by molar-refractivity contribution is 0.394. The molecule has 0 amide bonds. The SMILES string of the molecule is COc1ccc(OC)c([C@H](C)NS(=O)(=O)c2cc3c(cc2OC)CCCC3)c1. The minimum absolute atomic E-state index is 0.171. The van der Waals surface area contributed by atoms with Crippen molar-refractivity contribution in [1.82, 2.24) is 4.72 Å². The van der Waals surface area contributed by atoms with E-state index in [0.29, 0.717) is 22.8 Å². The first-order valence-corrected chi connectivity index (χ1v) is 10.8. The van der Waals surface area contributed by atoms with E-state index in [9.17, 15) is 8.42 Å². The van der Waals surface area contributed by atoms with Gasteiger partial charge in [0.05, 0.1) is 21.3 Å². The van der Waals surface area contributed by atoms with Gasteiger partial charge in [0.2, 0.25) is 10.0 Å². The van der Waals surface area contributed by atoms with Gasteiger partial charge < -0.3 is 14.2 Å². The molecular formula is C21H27NO5S. The van der Waals surface area contributed by atoms with Crippen LogP contribution in [0.5, 0.6) is 17.2 Å². The Kier molecular flexibility index (Phi) is 6.15. The molecule has 1 aliphatic rings. The number of ether oxygens (including phenoxy) is 3. The number of sulfonamides is 1. The highest BCUT2D eigenvalue weighted by Gasteiger charge is 2.26. The van der Waals surface area contributed by atoms with E-state index >= 15 is 0 Å². The van der Waals surface area contributed by atoms with E-state index in [2.05, 4.69) is 4.72 Å². The number of fused-ring (bicyclic) bond motifs is 1. The van der Waals surface area contributed by atoms with E-state index in [1.54, 1.807) is 45.4 Å². The van der Waals surface area contributed by atoms with Gasteiger partial charge in [-0.15, -0.1) is 0 Å². The molecule has 0 bridgehead atoms. The zero-order chi connectivity index (χ0) is 20.3. The van der Waals surface area contributed by atoms with Crippen molar-refractivity contribution in [3.05, 3.63) is 47.0 Å². The first-order chi connectivity index (χ1) is 13.4. The molecular weight excluding hydrogens is 378 g/mol. The van der Waals surface area contributed by atoms with Gasteiger partial charge in [0, 0.05) is 11.6 Å². The molecule has 0 radical (unpaired) electrons. The van der Waals surface area contributed by atoms with E-state index < -0.39 is 16.1 Å². The van der Waals surface area contributed by atoms with Gasteiger partial charge in [-0.25, -0.2) is 13.1 Å². The summed E-state index contributed by atoms with van der Waals surface area (Å²) in [5, 5.41) is 0. The zero-order valence-corrected chi connectivity index (χ0v) is 17.6. The lowest BCUT2D eigenvalue weighted by atomic mass is 9.92. The first-order valence-electron chi connectivity index (χ1n) is 9.33. The third-order valence-corrected chi connectivity index (χ3v) is 6.71. The number of benzene rings is 2. The molecule has 0 heterocycles. The van der Waals surface area contributed by atoms with Gasteiger partial charge in [-0.1, -0.05) is 0 Å². The Morgan fingerprint density at radius 3 is 2.14 bits per heavy atom. The van der Waals surface area contributed by atoms with Crippen LogP contribution in [-0.4, -0.2) is 29.7 Å². The van der Waals surface area contributed by atoms with E-state index in [1.165, 1.54) is 12.7 Å². The maximum atomic E-state index is 13.2. The predicted octanol–water partition coefficient (Wildman–Crippen LogP) is 3.63. The molecule has 1 atom stereocenters. The maximum Gasteiger partial charge on any atom is 0.244 e. The Bertz CT molecular complexity index is 956. The van der Waals surface area contributed by atoms with Crippen molar-refractivity contribution in [2.24, 2.45) is 0 Å².